The van der Waals surface area contributed by atoms with Crippen LogP contribution in [0.5, 0.6) is 0 Å². The number of fused-ring (bicyclic) bond motifs is 1. The molecule has 0 saturated heterocycles. The van der Waals surface area contributed by atoms with Gasteiger partial charge in [0, 0.05) is 29.2 Å². The fourth-order valence-electron chi connectivity index (χ4n) is 3.13. The molecule has 2 rings (SSSR count). The molecule has 0 amide bonds. The highest BCUT2D eigenvalue weighted by Gasteiger charge is 2.30. The second-order valence-corrected chi connectivity index (χ2v) is 8.52. The number of alkyl halides is 3. The van der Waals surface area contributed by atoms with E-state index in [0.29, 0.717) is 35.5 Å². The lowest BCUT2D eigenvalue weighted by atomic mass is 10.1. The molecule has 0 aliphatic carbocycles. The zero-order chi connectivity index (χ0) is 22.3. The van der Waals surface area contributed by atoms with E-state index in [1.165, 1.54) is 12.1 Å². The monoisotopic (exact) mass is 443 g/mol. The van der Waals surface area contributed by atoms with Gasteiger partial charge in [-0.3, -0.25) is 9.59 Å². The van der Waals surface area contributed by atoms with Crippen molar-refractivity contribution in [2.24, 2.45) is 5.92 Å². The van der Waals surface area contributed by atoms with Gasteiger partial charge in [0.25, 0.3) is 0 Å². The van der Waals surface area contributed by atoms with Crippen molar-refractivity contribution in [3.8, 4) is 0 Å². The summed E-state index contributed by atoms with van der Waals surface area (Å²) in [4.78, 5) is 25.5. The number of carbonyl (C=O) groups excluding carboxylic acids is 1. The molecule has 1 heterocycles. The maximum Gasteiger partial charge on any atom is 0.416 e. The molecular weight excluding hydrogens is 415 g/mol. The van der Waals surface area contributed by atoms with Crippen LogP contribution in [0.15, 0.2) is 29.1 Å². The summed E-state index contributed by atoms with van der Waals surface area (Å²) >= 11 is 0.832. The fourth-order valence-corrected chi connectivity index (χ4v) is 3.99. The summed E-state index contributed by atoms with van der Waals surface area (Å²) in [6.07, 6.45) is -0.909. The van der Waals surface area contributed by atoms with E-state index < -0.39 is 11.7 Å². The third-order valence-corrected chi connectivity index (χ3v) is 5.69. The summed E-state index contributed by atoms with van der Waals surface area (Å²) < 4.78 is 44.3. The number of rotatable bonds is 10. The molecule has 0 spiro atoms. The highest BCUT2D eigenvalue weighted by Crippen LogP contribution is 2.35. The van der Waals surface area contributed by atoms with Crippen LogP contribution in [0.3, 0.4) is 0 Å². The molecule has 8 heteroatoms. The van der Waals surface area contributed by atoms with E-state index in [2.05, 4.69) is 0 Å². The van der Waals surface area contributed by atoms with Gasteiger partial charge in [0.2, 0.25) is 4.74 Å². The van der Waals surface area contributed by atoms with Crippen molar-refractivity contribution in [3.63, 3.8) is 0 Å². The first-order valence-electron chi connectivity index (χ1n) is 10.2. The van der Waals surface area contributed by atoms with Gasteiger partial charge in [0.05, 0.1) is 23.8 Å². The number of benzene rings is 1. The third kappa shape index (κ3) is 6.72. The second-order valence-electron chi connectivity index (χ2n) is 7.48. The Bertz CT molecular complexity index is 909. The van der Waals surface area contributed by atoms with E-state index in [-0.39, 0.29) is 16.6 Å². The van der Waals surface area contributed by atoms with E-state index in [0.717, 1.165) is 49.2 Å². The molecule has 2 aromatic rings. The van der Waals surface area contributed by atoms with Crippen LogP contribution >= 0.6 is 11.3 Å². The Labute approximate surface area is 178 Å². The predicted octanol–water partition coefficient (Wildman–Crippen LogP) is 5.87. The molecular formula is C22H28F3NO3S. The molecule has 0 saturated carbocycles. The van der Waals surface area contributed by atoms with Gasteiger partial charge in [0.15, 0.2) is 0 Å². The number of hydrogen-bond donors (Lipinski definition) is 0. The van der Waals surface area contributed by atoms with Crippen LogP contribution in [0, 0.1) is 5.92 Å². The van der Waals surface area contributed by atoms with Crippen LogP contribution in [0.4, 0.5) is 18.9 Å². The van der Waals surface area contributed by atoms with Crippen LogP contribution in [0.2, 0.25) is 0 Å². The first-order valence-corrected chi connectivity index (χ1v) is 11.0. The number of anilines is 1. The highest BCUT2D eigenvalue weighted by molar-refractivity contribution is 7.16. The Kier molecular flexibility index (Phi) is 8.70. The number of nitrogens with zero attached hydrogens (tertiary/aromatic N) is 1. The lowest BCUT2D eigenvalue weighted by molar-refractivity contribution is -0.147. The van der Waals surface area contributed by atoms with Crippen LogP contribution in [0.1, 0.15) is 52.0 Å². The highest BCUT2D eigenvalue weighted by atomic mass is 32.1. The SMILES string of the molecule is CCN(CCCCCCOC(=O)C(C)C)c1cc(=O)sc2cc(C(F)(F)F)ccc12. The molecule has 4 nitrogen and oxygen atoms in total. The molecule has 1 aromatic heterocycles. The minimum atomic E-state index is -4.44. The van der Waals surface area contributed by atoms with E-state index in [9.17, 15) is 22.8 Å². The minimum Gasteiger partial charge on any atom is -0.465 e. The van der Waals surface area contributed by atoms with Crippen molar-refractivity contribution >= 4 is 33.1 Å². The van der Waals surface area contributed by atoms with Crippen molar-refractivity contribution in [3.05, 3.63) is 39.4 Å². The van der Waals surface area contributed by atoms with Gasteiger partial charge in [-0.1, -0.05) is 37.7 Å². The average Bonchev–Trinajstić information content (AvgIpc) is 2.68. The Morgan fingerprint density at radius 1 is 1.13 bits per heavy atom. The molecule has 0 fully saturated rings. The Morgan fingerprint density at radius 3 is 2.47 bits per heavy atom. The maximum atomic E-state index is 13.0. The maximum absolute atomic E-state index is 13.0. The van der Waals surface area contributed by atoms with E-state index >= 15 is 0 Å². The normalized spacial score (nSPS) is 11.8. The van der Waals surface area contributed by atoms with E-state index in [1.807, 2.05) is 11.8 Å². The van der Waals surface area contributed by atoms with Crippen LogP contribution in [0.25, 0.3) is 10.1 Å². The number of unbranched alkanes of at least 4 members (excludes halogenated alkanes) is 3. The molecule has 166 valence electrons. The number of esters is 1. The standard InChI is InChI=1S/C22H28F3NO3S/c1-4-26(11-7-5-6-8-12-29-21(28)15(2)3)18-14-20(27)30-19-13-16(22(23,24)25)9-10-17(18)19/h9-10,13-15H,4-8,11-12H2,1-3H3. The quantitative estimate of drug-likeness (QED) is 0.341. The molecule has 0 N–H and O–H groups in total. The Balaban J connectivity index is 1.99. The van der Waals surface area contributed by atoms with Gasteiger partial charge >= 0.3 is 12.1 Å². The van der Waals surface area contributed by atoms with Crippen molar-refractivity contribution in [1.29, 1.82) is 0 Å². The van der Waals surface area contributed by atoms with Crippen molar-refractivity contribution in [1.82, 2.24) is 0 Å². The van der Waals surface area contributed by atoms with Crippen molar-refractivity contribution in [2.45, 2.75) is 52.6 Å². The molecule has 0 atom stereocenters. The Hall–Kier alpha value is -2.09. The topological polar surface area (TPSA) is 46.6 Å². The van der Waals surface area contributed by atoms with Crippen molar-refractivity contribution < 1.29 is 22.7 Å². The zero-order valence-corrected chi connectivity index (χ0v) is 18.4. The fraction of sp³-hybridized carbons (Fsp3) is 0.545. The number of ether oxygens (including phenoxy) is 1. The molecule has 0 radical (unpaired) electrons. The third-order valence-electron chi connectivity index (χ3n) is 4.81. The van der Waals surface area contributed by atoms with Crippen LogP contribution in [-0.2, 0) is 15.7 Å². The number of hydrogen-bond acceptors (Lipinski definition) is 5. The van der Waals surface area contributed by atoms with Crippen molar-refractivity contribution in [2.75, 3.05) is 24.6 Å². The Morgan fingerprint density at radius 2 is 1.83 bits per heavy atom. The molecule has 0 bridgehead atoms. The van der Waals surface area contributed by atoms with E-state index in [4.69, 9.17) is 4.74 Å². The van der Waals surface area contributed by atoms with Crippen LogP contribution in [-0.4, -0.2) is 25.7 Å². The predicted molar refractivity (Wildman–Crippen MR) is 115 cm³/mol. The van der Waals surface area contributed by atoms with Gasteiger partial charge in [-0.25, -0.2) is 0 Å². The second kappa shape index (κ2) is 10.8. The summed E-state index contributed by atoms with van der Waals surface area (Å²) in [5, 5.41) is 0.662. The summed E-state index contributed by atoms with van der Waals surface area (Å²) in [5.74, 6) is -0.311. The lowest BCUT2D eigenvalue weighted by Crippen LogP contribution is -2.25. The first kappa shape index (κ1) is 24.2. The van der Waals surface area contributed by atoms with E-state index in [1.54, 1.807) is 13.8 Å². The molecule has 1 aromatic carbocycles. The summed E-state index contributed by atoms with van der Waals surface area (Å²) in [5.41, 5.74) is -0.0696. The van der Waals surface area contributed by atoms with Gasteiger partial charge in [-0.05, 0) is 38.3 Å². The lowest BCUT2D eigenvalue weighted by Gasteiger charge is -2.24. The number of halogens is 3. The van der Waals surface area contributed by atoms with Crippen LogP contribution < -0.4 is 9.64 Å². The van der Waals surface area contributed by atoms with Gasteiger partial charge in [0.1, 0.15) is 0 Å². The van der Waals surface area contributed by atoms with Gasteiger partial charge < -0.3 is 9.64 Å². The smallest absolute Gasteiger partial charge is 0.416 e. The minimum absolute atomic E-state index is 0.122. The average molecular weight is 444 g/mol. The number of carbonyl (C=O) groups is 1. The first-order chi connectivity index (χ1) is 14.1. The van der Waals surface area contributed by atoms with Gasteiger partial charge in [-0.2, -0.15) is 13.2 Å². The molecule has 0 aliphatic heterocycles. The summed E-state index contributed by atoms with van der Waals surface area (Å²) in [6, 6.07) is 5.08. The summed E-state index contributed by atoms with van der Waals surface area (Å²) in [7, 11) is 0. The van der Waals surface area contributed by atoms with Gasteiger partial charge in [-0.15, -0.1) is 0 Å². The molecule has 0 aliphatic rings. The molecule has 0 unspecified atom stereocenters. The largest absolute Gasteiger partial charge is 0.465 e. The molecule has 30 heavy (non-hydrogen) atoms. The summed E-state index contributed by atoms with van der Waals surface area (Å²) in [6.45, 7) is 7.32. The zero-order valence-electron chi connectivity index (χ0n) is 17.6.